The summed E-state index contributed by atoms with van der Waals surface area (Å²) < 4.78 is 9.85. The SMILES string of the molecule is Cn1c(CN2CCO[C@H](Cn3cncn3)C2)nc2ccccc21. The number of fused-ring (bicyclic) bond motifs is 1. The minimum Gasteiger partial charge on any atom is -0.374 e. The Morgan fingerprint density at radius 1 is 1.30 bits per heavy atom. The molecule has 0 radical (unpaired) electrons. The normalized spacial score (nSPS) is 19.4. The van der Waals surface area contributed by atoms with Crippen LogP contribution in [0.2, 0.25) is 0 Å². The van der Waals surface area contributed by atoms with E-state index in [2.05, 4.69) is 44.8 Å². The standard InChI is InChI=1S/C16H20N6O/c1-20-15-5-3-2-4-14(15)19-16(20)10-21-6-7-23-13(8-21)9-22-12-17-11-18-22/h2-5,11-13H,6-10H2,1H3/t13-/m0/s1. The van der Waals surface area contributed by atoms with Gasteiger partial charge in [-0.1, -0.05) is 12.1 Å². The van der Waals surface area contributed by atoms with Gasteiger partial charge in [-0.05, 0) is 12.1 Å². The quantitative estimate of drug-likeness (QED) is 0.721. The second-order valence-corrected chi connectivity index (χ2v) is 5.92. The van der Waals surface area contributed by atoms with E-state index in [4.69, 9.17) is 9.72 Å². The van der Waals surface area contributed by atoms with E-state index in [1.165, 1.54) is 5.52 Å². The third kappa shape index (κ3) is 2.97. The van der Waals surface area contributed by atoms with Crippen LogP contribution in [0.3, 0.4) is 0 Å². The number of para-hydroxylation sites is 2. The van der Waals surface area contributed by atoms with Gasteiger partial charge in [0.15, 0.2) is 0 Å². The van der Waals surface area contributed by atoms with Crippen molar-refractivity contribution in [2.24, 2.45) is 7.05 Å². The molecule has 1 fully saturated rings. The van der Waals surface area contributed by atoms with Crippen LogP contribution in [-0.4, -0.2) is 55.0 Å². The van der Waals surface area contributed by atoms with E-state index >= 15 is 0 Å². The fourth-order valence-electron chi connectivity index (χ4n) is 3.11. The second kappa shape index (κ2) is 6.10. The van der Waals surface area contributed by atoms with Crippen LogP contribution in [0.4, 0.5) is 0 Å². The van der Waals surface area contributed by atoms with Crippen LogP contribution in [0.5, 0.6) is 0 Å². The monoisotopic (exact) mass is 312 g/mol. The fourth-order valence-corrected chi connectivity index (χ4v) is 3.11. The molecule has 0 bridgehead atoms. The van der Waals surface area contributed by atoms with Crippen molar-refractivity contribution in [1.82, 2.24) is 29.2 Å². The fraction of sp³-hybridized carbons (Fsp3) is 0.438. The Hall–Kier alpha value is -2.25. The molecule has 7 nitrogen and oxygen atoms in total. The van der Waals surface area contributed by atoms with Gasteiger partial charge in [0, 0.05) is 20.1 Å². The molecule has 0 N–H and O–H groups in total. The van der Waals surface area contributed by atoms with Crippen molar-refractivity contribution in [2.45, 2.75) is 19.2 Å². The first kappa shape index (κ1) is 14.3. The van der Waals surface area contributed by atoms with Crippen molar-refractivity contribution >= 4 is 11.0 Å². The number of hydrogen-bond acceptors (Lipinski definition) is 5. The van der Waals surface area contributed by atoms with Gasteiger partial charge in [0.25, 0.3) is 0 Å². The lowest BCUT2D eigenvalue weighted by molar-refractivity contribution is -0.0411. The minimum atomic E-state index is 0.139. The summed E-state index contributed by atoms with van der Waals surface area (Å²) >= 11 is 0. The van der Waals surface area contributed by atoms with Gasteiger partial charge in [-0.25, -0.2) is 9.97 Å². The zero-order valence-corrected chi connectivity index (χ0v) is 13.2. The summed E-state index contributed by atoms with van der Waals surface area (Å²) in [5.74, 6) is 1.09. The van der Waals surface area contributed by atoms with E-state index in [9.17, 15) is 0 Å². The van der Waals surface area contributed by atoms with E-state index in [1.807, 2.05) is 10.7 Å². The van der Waals surface area contributed by atoms with Crippen LogP contribution in [0.1, 0.15) is 5.82 Å². The van der Waals surface area contributed by atoms with Gasteiger partial charge < -0.3 is 9.30 Å². The molecule has 0 saturated carbocycles. The van der Waals surface area contributed by atoms with Crippen LogP contribution < -0.4 is 0 Å². The molecule has 1 atom stereocenters. The number of aromatic nitrogens is 5. The largest absolute Gasteiger partial charge is 0.374 e. The number of ether oxygens (including phenoxy) is 1. The molecule has 1 aliphatic heterocycles. The molecule has 3 aromatic rings. The Morgan fingerprint density at radius 3 is 3.04 bits per heavy atom. The number of aryl methyl sites for hydroxylation is 1. The van der Waals surface area contributed by atoms with Crippen molar-refractivity contribution in [3.8, 4) is 0 Å². The highest BCUT2D eigenvalue weighted by Gasteiger charge is 2.22. The lowest BCUT2D eigenvalue weighted by Gasteiger charge is -2.32. The van der Waals surface area contributed by atoms with E-state index < -0.39 is 0 Å². The van der Waals surface area contributed by atoms with Gasteiger partial charge >= 0.3 is 0 Å². The molecular weight excluding hydrogens is 292 g/mol. The molecule has 7 heteroatoms. The smallest absolute Gasteiger partial charge is 0.137 e. The first-order chi connectivity index (χ1) is 11.3. The summed E-state index contributed by atoms with van der Waals surface area (Å²) in [5.41, 5.74) is 2.23. The average molecular weight is 312 g/mol. The molecule has 120 valence electrons. The van der Waals surface area contributed by atoms with Gasteiger partial charge in [-0.15, -0.1) is 0 Å². The zero-order chi connectivity index (χ0) is 15.6. The van der Waals surface area contributed by atoms with E-state index in [1.54, 1.807) is 12.7 Å². The number of rotatable bonds is 4. The molecule has 1 aromatic carbocycles. The Labute approximate surface area is 134 Å². The molecule has 1 saturated heterocycles. The van der Waals surface area contributed by atoms with Crippen LogP contribution in [-0.2, 0) is 24.9 Å². The molecule has 0 unspecified atom stereocenters. The maximum atomic E-state index is 5.85. The Morgan fingerprint density at radius 2 is 2.22 bits per heavy atom. The van der Waals surface area contributed by atoms with Crippen molar-refractivity contribution < 1.29 is 4.74 Å². The maximum absolute atomic E-state index is 5.85. The molecule has 0 aliphatic carbocycles. The Balaban J connectivity index is 1.46. The highest BCUT2D eigenvalue weighted by molar-refractivity contribution is 5.75. The predicted octanol–water partition coefficient (Wildman–Crippen LogP) is 1.07. The topological polar surface area (TPSA) is 61.0 Å². The third-order valence-electron chi connectivity index (χ3n) is 4.32. The van der Waals surface area contributed by atoms with Crippen molar-refractivity contribution in [1.29, 1.82) is 0 Å². The molecule has 0 spiro atoms. The Kier molecular flexibility index (Phi) is 3.80. The molecular formula is C16H20N6O. The van der Waals surface area contributed by atoms with Gasteiger partial charge in [-0.3, -0.25) is 9.58 Å². The van der Waals surface area contributed by atoms with Crippen LogP contribution >= 0.6 is 0 Å². The molecule has 23 heavy (non-hydrogen) atoms. The molecule has 1 aliphatic rings. The Bertz CT molecular complexity index is 781. The minimum absolute atomic E-state index is 0.139. The number of hydrogen-bond donors (Lipinski definition) is 0. The second-order valence-electron chi connectivity index (χ2n) is 5.92. The lowest BCUT2D eigenvalue weighted by atomic mass is 10.2. The number of morpholine rings is 1. The van der Waals surface area contributed by atoms with Crippen molar-refractivity contribution in [2.75, 3.05) is 19.7 Å². The highest BCUT2D eigenvalue weighted by atomic mass is 16.5. The van der Waals surface area contributed by atoms with Crippen molar-refractivity contribution in [3.63, 3.8) is 0 Å². The van der Waals surface area contributed by atoms with Crippen LogP contribution in [0.25, 0.3) is 11.0 Å². The summed E-state index contributed by atoms with van der Waals surface area (Å²) in [5, 5.41) is 4.15. The summed E-state index contributed by atoms with van der Waals surface area (Å²) in [7, 11) is 2.08. The van der Waals surface area contributed by atoms with E-state index in [0.29, 0.717) is 0 Å². The summed E-state index contributed by atoms with van der Waals surface area (Å²) in [6, 6.07) is 8.25. The highest BCUT2D eigenvalue weighted by Crippen LogP contribution is 2.17. The first-order valence-corrected chi connectivity index (χ1v) is 7.86. The van der Waals surface area contributed by atoms with Crippen LogP contribution in [0, 0.1) is 0 Å². The van der Waals surface area contributed by atoms with Crippen molar-refractivity contribution in [3.05, 3.63) is 42.7 Å². The predicted molar refractivity (Wildman–Crippen MR) is 85.8 cm³/mol. The van der Waals surface area contributed by atoms with Gasteiger partial charge in [0.05, 0.1) is 36.8 Å². The van der Waals surface area contributed by atoms with Gasteiger partial charge in [0.2, 0.25) is 0 Å². The third-order valence-corrected chi connectivity index (χ3v) is 4.32. The van der Waals surface area contributed by atoms with E-state index in [-0.39, 0.29) is 6.10 Å². The zero-order valence-electron chi connectivity index (χ0n) is 13.2. The van der Waals surface area contributed by atoms with Gasteiger partial charge in [0.1, 0.15) is 18.5 Å². The molecule has 4 rings (SSSR count). The van der Waals surface area contributed by atoms with Gasteiger partial charge in [-0.2, -0.15) is 5.10 Å². The maximum Gasteiger partial charge on any atom is 0.137 e. The lowest BCUT2D eigenvalue weighted by Crippen LogP contribution is -2.44. The molecule has 0 amide bonds. The number of imidazole rings is 1. The average Bonchev–Trinajstić information content (AvgIpc) is 3.17. The molecule has 2 aromatic heterocycles. The van der Waals surface area contributed by atoms with Crippen LogP contribution in [0.15, 0.2) is 36.9 Å². The number of nitrogens with zero attached hydrogens (tertiary/aromatic N) is 6. The number of benzene rings is 1. The summed E-state index contributed by atoms with van der Waals surface area (Å²) in [6.07, 6.45) is 3.42. The first-order valence-electron chi connectivity index (χ1n) is 7.86. The summed E-state index contributed by atoms with van der Waals surface area (Å²) in [4.78, 5) is 11.1. The van der Waals surface area contributed by atoms with E-state index in [0.717, 1.165) is 44.1 Å². The summed E-state index contributed by atoms with van der Waals surface area (Å²) in [6.45, 7) is 4.12. The molecule has 3 heterocycles.